The zero-order valence-corrected chi connectivity index (χ0v) is 24.9. The molecule has 1 spiro atoms. The third-order valence-electron chi connectivity index (χ3n) is 8.54. The van der Waals surface area contributed by atoms with Crippen molar-refractivity contribution in [3.05, 3.63) is 47.1 Å². The summed E-state index contributed by atoms with van der Waals surface area (Å²) in [6.45, 7) is 7.00. The Kier molecular flexibility index (Phi) is 10.4. The number of epoxide rings is 2. The van der Waals surface area contributed by atoms with Crippen LogP contribution in [0.4, 0.5) is 13.2 Å². The van der Waals surface area contributed by atoms with Crippen molar-refractivity contribution in [2.75, 3.05) is 26.9 Å². The Morgan fingerprint density at radius 1 is 1.19 bits per heavy atom. The van der Waals surface area contributed by atoms with Gasteiger partial charge < -0.3 is 28.8 Å². The minimum absolute atomic E-state index is 0.0199. The summed E-state index contributed by atoms with van der Waals surface area (Å²) in [4.78, 5) is 12.8. The molecule has 0 unspecified atom stereocenters. The molecule has 42 heavy (non-hydrogen) atoms. The van der Waals surface area contributed by atoms with E-state index >= 15 is 0 Å². The first-order valence-electron chi connectivity index (χ1n) is 14.7. The Morgan fingerprint density at radius 2 is 1.93 bits per heavy atom. The number of carbonyl (C=O) groups excluding carboxylic acids is 1. The number of halogens is 3. The van der Waals surface area contributed by atoms with Gasteiger partial charge in [-0.3, -0.25) is 0 Å². The van der Waals surface area contributed by atoms with E-state index in [1.807, 2.05) is 13.8 Å². The fourth-order valence-electron chi connectivity index (χ4n) is 6.17. The van der Waals surface area contributed by atoms with Crippen LogP contribution in [0.15, 0.2) is 35.9 Å². The van der Waals surface area contributed by atoms with Gasteiger partial charge in [0.15, 0.2) is 0 Å². The summed E-state index contributed by atoms with van der Waals surface area (Å²) in [6.07, 6.45) is 3.83. The molecule has 6 atom stereocenters. The maximum Gasteiger partial charge on any atom is 0.419 e. The van der Waals surface area contributed by atoms with E-state index in [0.29, 0.717) is 32.3 Å². The minimum atomic E-state index is -4.62. The van der Waals surface area contributed by atoms with Crippen molar-refractivity contribution in [3.8, 4) is 5.75 Å². The number of rotatable bonds is 14. The molecule has 0 bridgehead atoms. The van der Waals surface area contributed by atoms with Crippen molar-refractivity contribution in [2.24, 2.45) is 5.92 Å². The van der Waals surface area contributed by atoms with Gasteiger partial charge in [-0.2, -0.15) is 13.2 Å². The SMILES string of the molecule is CO[C@@H]1[C@H](OC(=O)/C=C/c2ccc(OCCCCCCO)c(C(F)(F)F)c2)CC[C@]2(CO2)[C@H]1[C@]1(C)O[C@H]1CC=C(C)C. The van der Waals surface area contributed by atoms with Crippen LogP contribution in [0.25, 0.3) is 6.08 Å². The number of benzene rings is 1. The Balaban J connectivity index is 1.39. The number of carbonyl (C=O) groups is 1. The highest BCUT2D eigenvalue weighted by Gasteiger charge is 2.72. The zero-order valence-electron chi connectivity index (χ0n) is 24.9. The zero-order chi connectivity index (χ0) is 30.5. The predicted octanol–water partition coefficient (Wildman–Crippen LogP) is 6.27. The van der Waals surface area contributed by atoms with Crippen LogP contribution in [0.1, 0.15) is 76.8 Å². The molecular weight excluding hydrogens is 553 g/mol. The summed E-state index contributed by atoms with van der Waals surface area (Å²) < 4.78 is 70.5. The lowest BCUT2D eigenvalue weighted by molar-refractivity contribution is -0.166. The molecule has 1 aromatic rings. The summed E-state index contributed by atoms with van der Waals surface area (Å²) in [5.41, 5.74) is -0.318. The number of aliphatic hydroxyl groups excluding tert-OH is 1. The Labute approximate surface area is 246 Å². The second kappa shape index (κ2) is 13.5. The standard InChI is InChI=1S/C32H43F3O7/c1-21(2)9-13-26-30(3,42-26)29-28(38-4)25(15-16-31(29)20-40-31)41-27(37)14-11-22-10-12-24(23(19-22)32(33,34)35)39-18-8-6-5-7-17-36/h9-12,14,19,25-26,28-29,36H,5-8,13,15-18,20H2,1-4H3/b14-11+/t25-,26+,28-,29-,30-,31+/m1/s1. The number of esters is 1. The highest BCUT2D eigenvalue weighted by molar-refractivity contribution is 5.87. The molecule has 0 aromatic heterocycles. The van der Waals surface area contributed by atoms with Crippen LogP contribution in [0.2, 0.25) is 0 Å². The molecule has 1 saturated carbocycles. The fourth-order valence-corrected chi connectivity index (χ4v) is 6.17. The molecule has 1 aromatic carbocycles. The molecule has 3 fully saturated rings. The quantitative estimate of drug-likeness (QED) is 0.0890. The highest BCUT2D eigenvalue weighted by Crippen LogP contribution is 2.59. The third-order valence-corrected chi connectivity index (χ3v) is 8.54. The molecule has 2 heterocycles. The molecule has 0 amide bonds. The number of allylic oxidation sites excluding steroid dienone is 1. The van der Waals surface area contributed by atoms with Crippen LogP contribution in [0.5, 0.6) is 5.75 Å². The van der Waals surface area contributed by atoms with E-state index < -0.39 is 35.5 Å². The van der Waals surface area contributed by atoms with Gasteiger partial charge in [-0.25, -0.2) is 4.79 Å². The van der Waals surface area contributed by atoms with Crippen LogP contribution in [-0.2, 0) is 29.9 Å². The van der Waals surface area contributed by atoms with Gasteiger partial charge in [-0.15, -0.1) is 0 Å². The predicted molar refractivity (Wildman–Crippen MR) is 151 cm³/mol. The van der Waals surface area contributed by atoms with Gasteiger partial charge in [0, 0.05) is 19.8 Å². The van der Waals surface area contributed by atoms with Gasteiger partial charge >= 0.3 is 12.1 Å². The van der Waals surface area contributed by atoms with Crippen LogP contribution in [0, 0.1) is 5.92 Å². The summed E-state index contributed by atoms with van der Waals surface area (Å²) in [7, 11) is 1.59. The molecule has 1 aliphatic carbocycles. The molecule has 2 aliphatic heterocycles. The lowest BCUT2D eigenvalue weighted by Gasteiger charge is -2.42. The van der Waals surface area contributed by atoms with E-state index in [4.69, 9.17) is 28.8 Å². The maximum absolute atomic E-state index is 13.8. The van der Waals surface area contributed by atoms with E-state index in [0.717, 1.165) is 31.4 Å². The van der Waals surface area contributed by atoms with Crippen molar-refractivity contribution in [1.29, 1.82) is 0 Å². The van der Waals surface area contributed by atoms with Crippen LogP contribution < -0.4 is 4.74 Å². The molecule has 0 radical (unpaired) electrons. The molecule has 1 N–H and O–H groups in total. The maximum atomic E-state index is 13.8. The topological polar surface area (TPSA) is 90.1 Å². The number of alkyl halides is 3. The monoisotopic (exact) mass is 596 g/mol. The molecular formula is C32H43F3O7. The van der Waals surface area contributed by atoms with E-state index in [2.05, 4.69) is 13.0 Å². The lowest BCUT2D eigenvalue weighted by Crippen LogP contribution is -2.55. The lowest BCUT2D eigenvalue weighted by atomic mass is 9.68. The first kappa shape index (κ1) is 32.5. The van der Waals surface area contributed by atoms with E-state index in [1.54, 1.807) is 7.11 Å². The summed E-state index contributed by atoms with van der Waals surface area (Å²) in [5.74, 6) is -1.04. The van der Waals surface area contributed by atoms with Gasteiger partial charge in [0.2, 0.25) is 0 Å². The van der Waals surface area contributed by atoms with Gasteiger partial charge in [-0.05, 0) is 83.1 Å². The molecule has 2 saturated heterocycles. The Hall–Kier alpha value is -2.40. The van der Waals surface area contributed by atoms with Crippen molar-refractivity contribution in [3.63, 3.8) is 0 Å². The average Bonchev–Trinajstić information content (AvgIpc) is 3.85. The normalized spacial score (nSPS) is 30.4. The Bertz CT molecular complexity index is 1140. The molecule has 234 valence electrons. The van der Waals surface area contributed by atoms with Gasteiger partial charge in [0.1, 0.15) is 29.2 Å². The fraction of sp³-hybridized carbons (Fsp3) is 0.656. The average molecular weight is 597 g/mol. The van der Waals surface area contributed by atoms with E-state index in [9.17, 15) is 18.0 Å². The second-order valence-electron chi connectivity index (χ2n) is 11.9. The highest BCUT2D eigenvalue weighted by atomic mass is 19.4. The van der Waals surface area contributed by atoms with Crippen LogP contribution >= 0.6 is 0 Å². The van der Waals surface area contributed by atoms with Crippen molar-refractivity contribution < 1.29 is 46.8 Å². The van der Waals surface area contributed by atoms with Crippen LogP contribution in [0.3, 0.4) is 0 Å². The summed E-state index contributed by atoms with van der Waals surface area (Å²) in [6, 6.07) is 3.71. The molecule has 10 heteroatoms. The first-order valence-corrected chi connectivity index (χ1v) is 14.7. The number of hydrogen-bond donors (Lipinski definition) is 1. The first-order chi connectivity index (χ1) is 19.9. The number of unbranched alkanes of at least 4 members (excludes halogenated alkanes) is 3. The molecule has 3 aliphatic rings. The van der Waals surface area contributed by atoms with Crippen molar-refractivity contribution >= 4 is 12.0 Å². The van der Waals surface area contributed by atoms with E-state index in [-0.39, 0.29) is 42.1 Å². The summed E-state index contributed by atoms with van der Waals surface area (Å²) in [5, 5.41) is 8.83. The van der Waals surface area contributed by atoms with Crippen molar-refractivity contribution in [2.45, 2.75) is 101 Å². The van der Waals surface area contributed by atoms with Gasteiger partial charge in [-0.1, -0.05) is 24.1 Å². The molecule has 4 rings (SSSR count). The number of aliphatic hydroxyl groups is 1. The van der Waals surface area contributed by atoms with E-state index in [1.165, 1.54) is 23.8 Å². The molecule has 7 nitrogen and oxygen atoms in total. The number of ether oxygens (including phenoxy) is 5. The van der Waals surface area contributed by atoms with Crippen molar-refractivity contribution in [1.82, 2.24) is 0 Å². The summed E-state index contributed by atoms with van der Waals surface area (Å²) >= 11 is 0. The van der Waals surface area contributed by atoms with Gasteiger partial charge in [0.25, 0.3) is 0 Å². The van der Waals surface area contributed by atoms with Gasteiger partial charge in [0.05, 0.1) is 30.8 Å². The number of methoxy groups -OCH3 is 1. The second-order valence-corrected chi connectivity index (χ2v) is 11.9. The minimum Gasteiger partial charge on any atom is -0.493 e. The largest absolute Gasteiger partial charge is 0.493 e. The smallest absolute Gasteiger partial charge is 0.419 e. The number of hydrogen-bond acceptors (Lipinski definition) is 7. The third kappa shape index (κ3) is 7.75. The Morgan fingerprint density at radius 3 is 2.57 bits per heavy atom. The van der Waals surface area contributed by atoms with Crippen LogP contribution in [-0.4, -0.2) is 67.5 Å².